The van der Waals surface area contributed by atoms with E-state index in [1.54, 1.807) is 12.1 Å². The summed E-state index contributed by atoms with van der Waals surface area (Å²) in [5, 5.41) is 11.6. The van der Waals surface area contributed by atoms with E-state index in [-0.39, 0.29) is 35.2 Å². The molecule has 1 aliphatic carbocycles. The van der Waals surface area contributed by atoms with E-state index in [2.05, 4.69) is 11.9 Å². The standard InChI is InChI=1S/C23H23N3O5S/c1-11-4-9-17-16(10-11)20(27)18-19(14-5-7-15(8-6-14)26(29)30)25(22(28)21(18)31-17)23-24-12(2)13(3)32-23/h5-8,11,16-17,19H,4,9-10H2,1-3H3. The second kappa shape index (κ2) is 7.51. The molecule has 3 heterocycles. The van der Waals surface area contributed by atoms with Crippen molar-refractivity contribution in [3.8, 4) is 0 Å². The first-order valence-corrected chi connectivity index (χ1v) is 11.5. The number of nitro groups is 1. The van der Waals surface area contributed by atoms with Crippen LogP contribution in [-0.2, 0) is 14.3 Å². The highest BCUT2D eigenvalue weighted by molar-refractivity contribution is 7.15. The Morgan fingerprint density at radius 2 is 1.91 bits per heavy atom. The quantitative estimate of drug-likeness (QED) is 0.504. The molecule has 4 unspecified atom stereocenters. The van der Waals surface area contributed by atoms with Crippen molar-refractivity contribution in [1.82, 2.24) is 4.98 Å². The number of nitrogens with zero attached hydrogens (tertiary/aromatic N) is 3. The van der Waals surface area contributed by atoms with Gasteiger partial charge in [-0.15, -0.1) is 11.3 Å². The van der Waals surface area contributed by atoms with Crippen molar-refractivity contribution in [2.24, 2.45) is 11.8 Å². The summed E-state index contributed by atoms with van der Waals surface area (Å²) in [6.45, 7) is 5.94. The number of hydrogen-bond acceptors (Lipinski definition) is 7. The molecule has 0 saturated heterocycles. The molecular weight excluding hydrogens is 430 g/mol. The van der Waals surface area contributed by atoms with Gasteiger partial charge in [-0.3, -0.25) is 24.6 Å². The van der Waals surface area contributed by atoms with Crippen molar-refractivity contribution in [3.63, 3.8) is 0 Å². The van der Waals surface area contributed by atoms with Gasteiger partial charge in [0, 0.05) is 17.0 Å². The van der Waals surface area contributed by atoms with E-state index in [0.29, 0.717) is 22.2 Å². The van der Waals surface area contributed by atoms with Crippen molar-refractivity contribution < 1.29 is 19.2 Å². The van der Waals surface area contributed by atoms with Gasteiger partial charge < -0.3 is 4.74 Å². The molecule has 1 amide bonds. The predicted octanol–water partition coefficient (Wildman–Crippen LogP) is 4.41. The van der Waals surface area contributed by atoms with Crippen LogP contribution in [0.25, 0.3) is 0 Å². The smallest absolute Gasteiger partial charge is 0.296 e. The summed E-state index contributed by atoms with van der Waals surface area (Å²) in [6, 6.07) is 5.29. The predicted molar refractivity (Wildman–Crippen MR) is 118 cm³/mol. The minimum atomic E-state index is -0.714. The molecule has 4 atom stereocenters. The van der Waals surface area contributed by atoms with Gasteiger partial charge in [-0.1, -0.05) is 6.92 Å². The van der Waals surface area contributed by atoms with E-state index in [1.807, 2.05) is 13.8 Å². The molecule has 1 aromatic heterocycles. The molecule has 0 bridgehead atoms. The number of anilines is 1. The van der Waals surface area contributed by atoms with Gasteiger partial charge in [-0.25, -0.2) is 4.98 Å². The molecule has 1 saturated carbocycles. The number of benzene rings is 1. The number of carbonyl (C=O) groups excluding carboxylic acids is 2. The molecular formula is C23H23N3O5S. The Morgan fingerprint density at radius 1 is 1.19 bits per heavy atom. The third-order valence-corrected chi connectivity index (χ3v) is 7.82. The first-order valence-electron chi connectivity index (χ1n) is 10.7. The second-order valence-corrected chi connectivity index (χ2v) is 10.0. The zero-order chi connectivity index (χ0) is 22.7. The fraction of sp³-hybridized carbons (Fsp3) is 0.435. The van der Waals surface area contributed by atoms with Crippen LogP contribution in [0.5, 0.6) is 0 Å². The van der Waals surface area contributed by atoms with E-state index in [1.165, 1.54) is 28.4 Å². The van der Waals surface area contributed by atoms with Gasteiger partial charge in [0.1, 0.15) is 6.10 Å². The van der Waals surface area contributed by atoms with Crippen LogP contribution >= 0.6 is 11.3 Å². The number of aromatic nitrogens is 1. The number of ether oxygens (including phenoxy) is 1. The van der Waals surface area contributed by atoms with Gasteiger partial charge in [-0.2, -0.15) is 0 Å². The maximum absolute atomic E-state index is 13.7. The average molecular weight is 454 g/mol. The maximum atomic E-state index is 13.7. The van der Waals surface area contributed by atoms with E-state index in [0.717, 1.165) is 29.8 Å². The Kier molecular flexibility index (Phi) is 4.88. The van der Waals surface area contributed by atoms with E-state index < -0.39 is 11.0 Å². The van der Waals surface area contributed by atoms with Gasteiger partial charge in [0.25, 0.3) is 11.6 Å². The number of hydrogen-bond donors (Lipinski definition) is 0. The number of rotatable bonds is 3. The summed E-state index contributed by atoms with van der Waals surface area (Å²) in [4.78, 5) is 45.0. The van der Waals surface area contributed by atoms with Crippen molar-refractivity contribution in [1.29, 1.82) is 0 Å². The van der Waals surface area contributed by atoms with E-state index in [9.17, 15) is 19.7 Å². The minimum Gasteiger partial charge on any atom is -0.483 e. The Balaban J connectivity index is 1.64. The molecule has 0 radical (unpaired) electrons. The summed E-state index contributed by atoms with van der Waals surface area (Å²) in [6.07, 6.45) is 2.17. The number of nitro benzene ring substituents is 1. The first-order chi connectivity index (χ1) is 15.3. The Labute approximate surface area is 189 Å². The summed E-state index contributed by atoms with van der Waals surface area (Å²) in [5.41, 5.74) is 1.75. The molecule has 2 aliphatic heterocycles. The Morgan fingerprint density at radius 3 is 2.53 bits per heavy atom. The molecule has 0 N–H and O–H groups in total. The van der Waals surface area contributed by atoms with Gasteiger partial charge >= 0.3 is 0 Å². The van der Waals surface area contributed by atoms with Gasteiger partial charge in [0.2, 0.25) is 0 Å². The highest BCUT2D eigenvalue weighted by Crippen LogP contribution is 2.49. The number of non-ortho nitro benzene ring substituents is 1. The van der Waals surface area contributed by atoms with Crippen LogP contribution in [0.3, 0.4) is 0 Å². The normalized spacial score (nSPS) is 27.3. The molecule has 0 spiro atoms. The lowest BCUT2D eigenvalue weighted by atomic mass is 9.74. The highest BCUT2D eigenvalue weighted by atomic mass is 32.1. The molecule has 9 heteroatoms. The van der Waals surface area contributed by atoms with Crippen LogP contribution < -0.4 is 4.90 Å². The average Bonchev–Trinajstić information content (AvgIpc) is 3.25. The third kappa shape index (κ3) is 3.14. The number of aryl methyl sites for hydroxylation is 2. The third-order valence-electron chi connectivity index (χ3n) is 6.75. The maximum Gasteiger partial charge on any atom is 0.296 e. The number of thiazole rings is 1. The number of Topliss-reactive ketones (excluding diaryl/α,β-unsaturated/α-hetero) is 1. The van der Waals surface area contributed by atoms with Crippen molar-refractivity contribution in [2.75, 3.05) is 4.90 Å². The van der Waals surface area contributed by atoms with E-state index >= 15 is 0 Å². The molecule has 5 rings (SSSR count). The van der Waals surface area contributed by atoms with Gasteiger partial charge in [-0.05, 0) is 56.7 Å². The molecule has 2 aromatic rings. The fourth-order valence-electron chi connectivity index (χ4n) is 4.93. The zero-order valence-electron chi connectivity index (χ0n) is 18.0. The van der Waals surface area contributed by atoms with Crippen LogP contribution in [0.4, 0.5) is 10.8 Å². The molecule has 1 aromatic carbocycles. The fourth-order valence-corrected chi connectivity index (χ4v) is 5.86. The van der Waals surface area contributed by atoms with Crippen molar-refractivity contribution in [3.05, 3.63) is 61.8 Å². The van der Waals surface area contributed by atoms with Crippen LogP contribution in [0.2, 0.25) is 0 Å². The van der Waals surface area contributed by atoms with E-state index in [4.69, 9.17) is 4.74 Å². The van der Waals surface area contributed by atoms with Crippen LogP contribution in [0.1, 0.15) is 48.4 Å². The van der Waals surface area contributed by atoms with Gasteiger partial charge in [0.05, 0.1) is 28.2 Å². The van der Waals surface area contributed by atoms with Crippen molar-refractivity contribution in [2.45, 2.75) is 52.2 Å². The Hall–Kier alpha value is -3.07. The van der Waals surface area contributed by atoms with Crippen LogP contribution in [-0.4, -0.2) is 27.7 Å². The van der Waals surface area contributed by atoms with Crippen LogP contribution in [0.15, 0.2) is 35.6 Å². The summed E-state index contributed by atoms with van der Waals surface area (Å²) >= 11 is 1.39. The second-order valence-electron chi connectivity index (χ2n) is 8.85. The topological polar surface area (TPSA) is 103 Å². The zero-order valence-corrected chi connectivity index (χ0v) is 18.8. The number of carbonyl (C=O) groups is 2. The molecule has 1 fully saturated rings. The lowest BCUT2D eigenvalue weighted by Gasteiger charge is -2.37. The number of fused-ring (bicyclic) bond motifs is 1. The minimum absolute atomic E-state index is 0.0489. The molecule has 166 valence electrons. The molecule has 8 nitrogen and oxygen atoms in total. The summed E-state index contributed by atoms with van der Waals surface area (Å²) in [5.74, 6) is -0.166. The largest absolute Gasteiger partial charge is 0.483 e. The van der Waals surface area contributed by atoms with Crippen LogP contribution in [0, 0.1) is 35.8 Å². The first kappa shape index (κ1) is 20.8. The molecule has 3 aliphatic rings. The lowest BCUT2D eigenvalue weighted by Crippen LogP contribution is -2.41. The molecule has 32 heavy (non-hydrogen) atoms. The summed E-state index contributed by atoms with van der Waals surface area (Å²) in [7, 11) is 0. The number of ketones is 1. The highest BCUT2D eigenvalue weighted by Gasteiger charge is 2.53. The number of amides is 1. The Bertz CT molecular complexity index is 1150. The van der Waals surface area contributed by atoms with Crippen molar-refractivity contribution >= 4 is 33.8 Å². The lowest BCUT2D eigenvalue weighted by molar-refractivity contribution is -0.384. The van der Waals surface area contributed by atoms with Gasteiger partial charge in [0.15, 0.2) is 16.7 Å². The summed E-state index contributed by atoms with van der Waals surface area (Å²) < 4.78 is 6.18. The monoisotopic (exact) mass is 453 g/mol. The SMILES string of the molecule is Cc1nc(N2C(=O)C3=C(C(=O)C4CC(C)CCC4O3)C2c2ccc([N+](=O)[O-])cc2)sc1C.